The van der Waals surface area contributed by atoms with Gasteiger partial charge in [0.1, 0.15) is 5.15 Å². The van der Waals surface area contributed by atoms with Gasteiger partial charge in [0.2, 0.25) is 0 Å². The van der Waals surface area contributed by atoms with Crippen LogP contribution in [0.2, 0.25) is 5.15 Å². The van der Waals surface area contributed by atoms with Gasteiger partial charge in [0.05, 0.1) is 18.3 Å². The highest BCUT2D eigenvalue weighted by atomic mass is 35.5. The zero-order valence-corrected chi connectivity index (χ0v) is 9.04. The molecule has 14 heavy (non-hydrogen) atoms. The molecule has 0 spiro atoms. The molecule has 78 valence electrons. The summed E-state index contributed by atoms with van der Waals surface area (Å²) in [6.07, 6.45) is 5.41. The minimum Gasteiger partial charge on any atom is -0.393 e. The fourth-order valence-electron chi connectivity index (χ4n) is 2.05. The lowest BCUT2D eigenvalue weighted by atomic mass is 9.93. The lowest BCUT2D eigenvalue weighted by Gasteiger charge is -2.26. The molecule has 1 heterocycles. The lowest BCUT2D eigenvalue weighted by Crippen LogP contribution is -2.23. The van der Waals surface area contributed by atoms with Crippen molar-refractivity contribution >= 4 is 11.6 Å². The van der Waals surface area contributed by atoms with Crippen molar-refractivity contribution in [3.05, 3.63) is 16.9 Å². The largest absolute Gasteiger partial charge is 0.393 e. The molecule has 1 fully saturated rings. The van der Waals surface area contributed by atoms with Gasteiger partial charge in [-0.3, -0.25) is 4.68 Å². The van der Waals surface area contributed by atoms with Gasteiger partial charge in [-0.15, -0.1) is 0 Å². The first-order chi connectivity index (χ1) is 6.68. The Morgan fingerprint density at radius 2 is 2.36 bits per heavy atom. The Labute approximate surface area is 88.7 Å². The van der Waals surface area contributed by atoms with E-state index in [9.17, 15) is 5.11 Å². The van der Waals surface area contributed by atoms with Gasteiger partial charge in [0.25, 0.3) is 0 Å². The molecule has 1 aliphatic rings. The van der Waals surface area contributed by atoms with E-state index in [1.165, 1.54) is 0 Å². The maximum Gasteiger partial charge on any atom is 0.130 e. The number of nitrogens with zero attached hydrogens (tertiary/aromatic N) is 2. The van der Waals surface area contributed by atoms with Crippen LogP contribution in [0.4, 0.5) is 0 Å². The van der Waals surface area contributed by atoms with Crippen molar-refractivity contribution in [2.24, 2.45) is 0 Å². The molecule has 0 bridgehead atoms. The van der Waals surface area contributed by atoms with E-state index in [0.717, 1.165) is 31.2 Å². The summed E-state index contributed by atoms with van der Waals surface area (Å²) in [5.74, 6) is 0. The molecule has 1 saturated carbocycles. The van der Waals surface area contributed by atoms with E-state index in [0.29, 0.717) is 5.15 Å². The first kappa shape index (κ1) is 9.99. The number of rotatable bonds is 1. The Morgan fingerprint density at radius 3 is 2.93 bits per heavy atom. The van der Waals surface area contributed by atoms with E-state index in [-0.39, 0.29) is 12.1 Å². The number of aliphatic hydroxyl groups excluding tert-OH is 1. The fraction of sp³-hybridized carbons (Fsp3) is 0.700. The third kappa shape index (κ3) is 1.79. The smallest absolute Gasteiger partial charge is 0.130 e. The minimum atomic E-state index is -0.186. The number of hydrogen-bond acceptors (Lipinski definition) is 2. The number of aliphatic hydroxyl groups is 1. The summed E-state index contributed by atoms with van der Waals surface area (Å²) in [4.78, 5) is 0. The zero-order chi connectivity index (χ0) is 10.1. The van der Waals surface area contributed by atoms with Crippen LogP contribution < -0.4 is 0 Å². The molecule has 0 saturated heterocycles. The third-order valence-electron chi connectivity index (χ3n) is 2.87. The Hall–Kier alpha value is -0.540. The molecular formula is C10H15ClN2O. The first-order valence-corrected chi connectivity index (χ1v) is 5.44. The van der Waals surface area contributed by atoms with Gasteiger partial charge in [0.15, 0.2) is 0 Å². The third-order valence-corrected chi connectivity index (χ3v) is 3.34. The summed E-state index contributed by atoms with van der Waals surface area (Å²) >= 11 is 6.11. The molecule has 1 aliphatic carbocycles. The van der Waals surface area contributed by atoms with Crippen molar-refractivity contribution in [3.63, 3.8) is 0 Å². The first-order valence-electron chi connectivity index (χ1n) is 5.06. The molecule has 0 amide bonds. The minimum absolute atomic E-state index is 0.186. The Balaban J connectivity index is 2.18. The summed E-state index contributed by atoms with van der Waals surface area (Å²) in [5, 5.41) is 14.5. The number of halogens is 1. The van der Waals surface area contributed by atoms with Crippen molar-refractivity contribution in [2.45, 2.75) is 44.8 Å². The van der Waals surface area contributed by atoms with Gasteiger partial charge in [0, 0.05) is 5.56 Å². The number of hydrogen-bond donors (Lipinski definition) is 1. The van der Waals surface area contributed by atoms with Crippen molar-refractivity contribution in [1.82, 2.24) is 9.78 Å². The SMILES string of the molecule is Cc1cnn(C2CCCC(O)C2)c1Cl. The summed E-state index contributed by atoms with van der Waals surface area (Å²) < 4.78 is 1.85. The molecule has 1 N–H and O–H groups in total. The van der Waals surface area contributed by atoms with Crippen molar-refractivity contribution in [3.8, 4) is 0 Å². The Morgan fingerprint density at radius 1 is 1.57 bits per heavy atom. The van der Waals surface area contributed by atoms with Crippen LogP contribution in [0.1, 0.15) is 37.3 Å². The van der Waals surface area contributed by atoms with Crippen LogP contribution in [0.15, 0.2) is 6.20 Å². The molecule has 3 nitrogen and oxygen atoms in total. The topological polar surface area (TPSA) is 38.0 Å². The Bertz CT molecular complexity index is 324. The molecular weight excluding hydrogens is 200 g/mol. The maximum absolute atomic E-state index is 9.55. The molecule has 1 aromatic rings. The highest BCUT2D eigenvalue weighted by Crippen LogP contribution is 2.31. The molecule has 4 heteroatoms. The quantitative estimate of drug-likeness (QED) is 0.779. The van der Waals surface area contributed by atoms with Crippen molar-refractivity contribution < 1.29 is 5.11 Å². The van der Waals surface area contributed by atoms with Gasteiger partial charge in [-0.1, -0.05) is 11.6 Å². The molecule has 0 aliphatic heterocycles. The van der Waals surface area contributed by atoms with Crippen molar-refractivity contribution in [2.75, 3.05) is 0 Å². The van der Waals surface area contributed by atoms with Gasteiger partial charge in [-0.25, -0.2) is 0 Å². The normalized spacial score (nSPS) is 27.9. The van der Waals surface area contributed by atoms with Crippen LogP contribution >= 0.6 is 11.6 Å². The second kappa shape index (κ2) is 3.91. The van der Waals surface area contributed by atoms with Gasteiger partial charge >= 0.3 is 0 Å². The molecule has 2 rings (SSSR count). The summed E-state index contributed by atoms with van der Waals surface area (Å²) in [7, 11) is 0. The summed E-state index contributed by atoms with van der Waals surface area (Å²) in [6, 6.07) is 0.278. The Kier molecular flexibility index (Phi) is 2.79. The molecule has 1 aromatic heterocycles. The predicted octanol–water partition coefficient (Wildman–Crippen LogP) is 2.32. The summed E-state index contributed by atoms with van der Waals surface area (Å²) in [5.41, 5.74) is 1.01. The highest BCUT2D eigenvalue weighted by molar-refractivity contribution is 6.30. The van der Waals surface area contributed by atoms with Crippen LogP contribution in [0.5, 0.6) is 0 Å². The molecule has 0 radical (unpaired) electrons. The standard InChI is InChI=1S/C10H15ClN2O/c1-7-6-12-13(10(7)11)8-3-2-4-9(14)5-8/h6,8-9,14H,2-5H2,1H3. The highest BCUT2D eigenvalue weighted by Gasteiger charge is 2.23. The van der Waals surface area contributed by atoms with E-state index < -0.39 is 0 Å². The number of aryl methyl sites for hydroxylation is 1. The average Bonchev–Trinajstić information content (AvgIpc) is 2.48. The van der Waals surface area contributed by atoms with Crippen LogP contribution in [0.25, 0.3) is 0 Å². The van der Waals surface area contributed by atoms with Gasteiger partial charge < -0.3 is 5.11 Å². The van der Waals surface area contributed by atoms with E-state index >= 15 is 0 Å². The van der Waals surface area contributed by atoms with E-state index in [2.05, 4.69) is 5.10 Å². The number of aromatic nitrogens is 2. The zero-order valence-electron chi connectivity index (χ0n) is 8.28. The molecule has 0 aromatic carbocycles. The van der Waals surface area contributed by atoms with Crippen LogP contribution in [-0.4, -0.2) is 21.0 Å². The van der Waals surface area contributed by atoms with Gasteiger partial charge in [-0.05, 0) is 32.6 Å². The predicted molar refractivity (Wildman–Crippen MR) is 55.5 cm³/mol. The molecule has 2 unspecified atom stereocenters. The monoisotopic (exact) mass is 214 g/mol. The summed E-state index contributed by atoms with van der Waals surface area (Å²) in [6.45, 7) is 1.95. The van der Waals surface area contributed by atoms with Crippen LogP contribution in [0, 0.1) is 6.92 Å². The lowest BCUT2D eigenvalue weighted by molar-refractivity contribution is 0.100. The van der Waals surface area contributed by atoms with E-state index in [1.54, 1.807) is 6.20 Å². The van der Waals surface area contributed by atoms with Gasteiger partial charge in [-0.2, -0.15) is 5.10 Å². The second-order valence-electron chi connectivity index (χ2n) is 4.04. The second-order valence-corrected chi connectivity index (χ2v) is 4.40. The van der Waals surface area contributed by atoms with Crippen molar-refractivity contribution in [1.29, 1.82) is 0 Å². The van der Waals surface area contributed by atoms with Crippen LogP contribution in [-0.2, 0) is 0 Å². The maximum atomic E-state index is 9.55. The fourth-order valence-corrected chi connectivity index (χ4v) is 2.28. The van der Waals surface area contributed by atoms with E-state index in [4.69, 9.17) is 11.6 Å². The molecule has 2 atom stereocenters. The van der Waals surface area contributed by atoms with Crippen LogP contribution in [0.3, 0.4) is 0 Å². The average molecular weight is 215 g/mol. The van der Waals surface area contributed by atoms with E-state index in [1.807, 2.05) is 11.6 Å².